The molecule has 1 aromatic carbocycles. The van der Waals surface area contributed by atoms with Crippen molar-refractivity contribution in [2.75, 3.05) is 6.54 Å². The lowest BCUT2D eigenvalue weighted by Gasteiger charge is -2.10. The Morgan fingerprint density at radius 3 is 2.84 bits per heavy atom. The Balaban J connectivity index is 1.99. The Kier molecular flexibility index (Phi) is 3.75. The van der Waals surface area contributed by atoms with Crippen LogP contribution in [0.3, 0.4) is 0 Å². The predicted octanol–water partition coefficient (Wildman–Crippen LogP) is 2.06. The van der Waals surface area contributed by atoms with Gasteiger partial charge in [0, 0.05) is 12.1 Å². The maximum absolute atomic E-state index is 13.2. The summed E-state index contributed by atoms with van der Waals surface area (Å²) in [5, 5.41) is 15.0. The van der Waals surface area contributed by atoms with E-state index in [9.17, 15) is 4.39 Å². The molecule has 1 aromatic rings. The molecule has 1 aliphatic carbocycles. The lowest BCUT2D eigenvalue weighted by molar-refractivity contribution is 0.318. The van der Waals surface area contributed by atoms with Gasteiger partial charge in [-0.25, -0.2) is 4.39 Å². The Morgan fingerprint density at radius 2 is 2.26 bits per heavy atom. The number of hydrogen-bond donors (Lipinski definition) is 3. The molecule has 1 unspecified atom stereocenters. The van der Waals surface area contributed by atoms with E-state index in [0.29, 0.717) is 23.4 Å². The lowest BCUT2D eigenvalue weighted by atomic mass is 10.1. The van der Waals surface area contributed by atoms with Gasteiger partial charge < -0.3 is 16.3 Å². The Hall–Kier alpha value is -1.62. The first kappa shape index (κ1) is 13.8. The summed E-state index contributed by atoms with van der Waals surface area (Å²) in [4.78, 5) is 0. The van der Waals surface area contributed by atoms with Crippen molar-refractivity contribution >= 4 is 5.84 Å². The molecule has 0 spiro atoms. The van der Waals surface area contributed by atoms with Gasteiger partial charge in [0.05, 0.1) is 0 Å². The molecule has 2 rings (SSSR count). The molecule has 1 aliphatic rings. The average Bonchev–Trinajstić information content (AvgIpc) is 2.97. The highest BCUT2D eigenvalue weighted by atomic mass is 19.1. The first-order valence-electron chi connectivity index (χ1n) is 6.41. The molecule has 1 fully saturated rings. The monoisotopic (exact) mass is 265 g/mol. The lowest BCUT2D eigenvalue weighted by Crippen LogP contribution is -2.22. The summed E-state index contributed by atoms with van der Waals surface area (Å²) in [6.45, 7) is 6.01. The van der Waals surface area contributed by atoms with E-state index in [1.165, 1.54) is 18.6 Å². The molecule has 4 N–H and O–H groups in total. The predicted molar refractivity (Wildman–Crippen MR) is 72.5 cm³/mol. The minimum Gasteiger partial charge on any atom is -0.409 e. The summed E-state index contributed by atoms with van der Waals surface area (Å²) in [5.41, 5.74) is 7.26. The van der Waals surface area contributed by atoms with Crippen molar-refractivity contribution in [3.63, 3.8) is 0 Å². The number of nitrogens with one attached hydrogen (secondary N) is 1. The fourth-order valence-corrected chi connectivity index (χ4v) is 2.30. The van der Waals surface area contributed by atoms with Crippen LogP contribution in [0.5, 0.6) is 0 Å². The molecule has 104 valence electrons. The van der Waals surface area contributed by atoms with Gasteiger partial charge in [-0.2, -0.15) is 0 Å². The quantitative estimate of drug-likeness (QED) is 0.330. The first-order valence-corrected chi connectivity index (χ1v) is 6.41. The Morgan fingerprint density at radius 1 is 1.58 bits per heavy atom. The summed E-state index contributed by atoms with van der Waals surface area (Å²) in [6, 6.07) is 4.33. The first-order chi connectivity index (χ1) is 8.94. The highest BCUT2D eigenvalue weighted by molar-refractivity contribution is 5.98. The van der Waals surface area contributed by atoms with Crippen LogP contribution < -0.4 is 11.1 Å². The molecule has 0 radical (unpaired) electrons. The van der Waals surface area contributed by atoms with Gasteiger partial charge in [-0.15, -0.1) is 0 Å². The number of oxime groups is 1. The smallest absolute Gasteiger partial charge is 0.170 e. The average molecular weight is 265 g/mol. The molecule has 0 aliphatic heterocycles. The molecule has 1 saturated carbocycles. The van der Waals surface area contributed by atoms with Crippen LogP contribution in [0.2, 0.25) is 0 Å². The maximum Gasteiger partial charge on any atom is 0.170 e. The third-order valence-electron chi connectivity index (χ3n) is 3.88. The third kappa shape index (κ3) is 3.23. The van der Waals surface area contributed by atoms with E-state index in [-0.39, 0.29) is 5.84 Å². The summed E-state index contributed by atoms with van der Waals surface area (Å²) >= 11 is 0. The Bertz CT molecular complexity index is 499. The van der Waals surface area contributed by atoms with Crippen LogP contribution >= 0.6 is 0 Å². The van der Waals surface area contributed by atoms with Gasteiger partial charge in [-0.1, -0.05) is 25.1 Å². The number of nitrogens with zero attached hydrogens (tertiary/aromatic N) is 1. The third-order valence-corrected chi connectivity index (χ3v) is 3.88. The number of rotatable bonds is 5. The summed E-state index contributed by atoms with van der Waals surface area (Å²) in [5.74, 6) is 0.233. The zero-order valence-corrected chi connectivity index (χ0v) is 11.3. The van der Waals surface area contributed by atoms with Gasteiger partial charge in [0.1, 0.15) is 5.82 Å². The minimum atomic E-state index is -0.395. The van der Waals surface area contributed by atoms with Gasteiger partial charge in [0.25, 0.3) is 0 Å². The van der Waals surface area contributed by atoms with Crippen LogP contribution in [0.15, 0.2) is 23.4 Å². The largest absolute Gasteiger partial charge is 0.409 e. The molecular formula is C14H20FN3O. The number of benzene rings is 1. The number of nitrogens with two attached hydrogens (primary N) is 1. The molecule has 19 heavy (non-hydrogen) atoms. The Labute approximate surface area is 112 Å². The topological polar surface area (TPSA) is 70.6 Å². The second kappa shape index (κ2) is 5.17. The van der Waals surface area contributed by atoms with Crippen LogP contribution in [-0.2, 0) is 6.54 Å². The summed E-state index contributed by atoms with van der Waals surface area (Å²) in [6.07, 6.45) is 1.23. The number of hydrogen-bond acceptors (Lipinski definition) is 3. The second-order valence-corrected chi connectivity index (χ2v) is 5.81. The van der Waals surface area contributed by atoms with Crippen molar-refractivity contribution in [2.24, 2.45) is 22.2 Å². The molecule has 0 aromatic heterocycles. The van der Waals surface area contributed by atoms with E-state index < -0.39 is 5.82 Å². The SMILES string of the molecule is CC1(C)CC1CNCc1ccc(F)cc1/C(N)=N/O. The van der Waals surface area contributed by atoms with E-state index in [1.807, 2.05) is 0 Å². The number of amidine groups is 1. The van der Waals surface area contributed by atoms with E-state index >= 15 is 0 Å². The zero-order valence-electron chi connectivity index (χ0n) is 11.3. The fraction of sp³-hybridized carbons (Fsp3) is 0.500. The van der Waals surface area contributed by atoms with E-state index in [0.717, 1.165) is 12.1 Å². The molecule has 0 saturated heterocycles. The van der Waals surface area contributed by atoms with Gasteiger partial charge >= 0.3 is 0 Å². The normalized spacial score (nSPS) is 21.4. The fourth-order valence-electron chi connectivity index (χ4n) is 2.30. The van der Waals surface area contributed by atoms with Crippen LogP contribution in [0, 0.1) is 17.2 Å². The van der Waals surface area contributed by atoms with Gasteiger partial charge in [-0.3, -0.25) is 0 Å². The van der Waals surface area contributed by atoms with Gasteiger partial charge in [-0.05, 0) is 42.0 Å². The van der Waals surface area contributed by atoms with Crippen molar-refractivity contribution in [3.05, 3.63) is 35.1 Å². The van der Waals surface area contributed by atoms with Crippen LogP contribution in [0.25, 0.3) is 0 Å². The van der Waals surface area contributed by atoms with Gasteiger partial charge in [0.15, 0.2) is 5.84 Å². The highest BCUT2D eigenvalue weighted by Gasteiger charge is 2.44. The van der Waals surface area contributed by atoms with Crippen LogP contribution in [0.4, 0.5) is 4.39 Å². The van der Waals surface area contributed by atoms with Crippen molar-refractivity contribution in [1.82, 2.24) is 5.32 Å². The van der Waals surface area contributed by atoms with E-state index in [4.69, 9.17) is 10.9 Å². The van der Waals surface area contributed by atoms with Gasteiger partial charge in [0.2, 0.25) is 0 Å². The molecular weight excluding hydrogens is 245 g/mol. The van der Waals surface area contributed by atoms with Crippen LogP contribution in [0.1, 0.15) is 31.4 Å². The summed E-state index contributed by atoms with van der Waals surface area (Å²) < 4.78 is 13.2. The molecule has 4 nitrogen and oxygen atoms in total. The minimum absolute atomic E-state index is 0.0666. The van der Waals surface area contributed by atoms with E-state index in [1.54, 1.807) is 6.07 Å². The molecule has 1 atom stereocenters. The standard InChI is InChI=1S/C14H20FN3O/c1-14(2)6-10(14)8-17-7-9-3-4-11(15)5-12(9)13(16)18-19/h3-5,10,17,19H,6-8H2,1-2H3,(H2,16,18). The molecule has 0 amide bonds. The number of halogens is 1. The zero-order chi connectivity index (χ0) is 14.0. The van der Waals surface area contributed by atoms with Crippen LogP contribution in [-0.4, -0.2) is 17.6 Å². The molecule has 0 bridgehead atoms. The second-order valence-electron chi connectivity index (χ2n) is 5.81. The van der Waals surface area contributed by atoms with Crippen molar-refractivity contribution < 1.29 is 9.60 Å². The van der Waals surface area contributed by atoms with Crippen molar-refractivity contribution in [3.8, 4) is 0 Å². The molecule has 5 heteroatoms. The van der Waals surface area contributed by atoms with E-state index in [2.05, 4.69) is 24.3 Å². The molecule has 0 heterocycles. The van der Waals surface area contributed by atoms with Crippen molar-refractivity contribution in [2.45, 2.75) is 26.8 Å². The highest BCUT2D eigenvalue weighted by Crippen LogP contribution is 2.50. The maximum atomic E-state index is 13.2. The van der Waals surface area contributed by atoms with Crippen molar-refractivity contribution in [1.29, 1.82) is 0 Å². The summed E-state index contributed by atoms with van der Waals surface area (Å²) in [7, 11) is 0.